The van der Waals surface area contributed by atoms with Crippen molar-refractivity contribution >= 4 is 23.8 Å². The normalized spacial score (nSPS) is 19.4. The first-order chi connectivity index (χ1) is 13.1. The lowest BCUT2D eigenvalue weighted by Crippen LogP contribution is -2.53. The van der Waals surface area contributed by atoms with Crippen LogP contribution in [0.4, 0.5) is 10.5 Å². The van der Waals surface area contributed by atoms with Crippen molar-refractivity contribution in [1.82, 2.24) is 5.32 Å². The molecule has 8 heteroatoms. The summed E-state index contributed by atoms with van der Waals surface area (Å²) >= 11 is 0. The molecule has 2 rings (SSSR count). The number of nitrogens with one attached hydrogen (secondary N) is 1. The fourth-order valence-electron chi connectivity index (χ4n) is 2.64. The number of alkyl carbamates (subject to hydrolysis) is 1. The van der Waals surface area contributed by atoms with Gasteiger partial charge in [0.2, 0.25) is 0 Å². The average molecular weight is 392 g/mol. The Bertz CT molecular complexity index is 741. The van der Waals surface area contributed by atoms with Gasteiger partial charge in [-0.15, -0.1) is 0 Å². The van der Waals surface area contributed by atoms with E-state index in [0.717, 1.165) is 5.56 Å². The third-order valence-electron chi connectivity index (χ3n) is 3.94. The minimum Gasteiger partial charge on any atom is -0.489 e. The Kier molecular flexibility index (Phi) is 6.90. The van der Waals surface area contributed by atoms with E-state index in [1.165, 1.54) is 6.08 Å². The van der Waals surface area contributed by atoms with Crippen LogP contribution in [0.1, 0.15) is 33.3 Å². The summed E-state index contributed by atoms with van der Waals surface area (Å²) in [5.41, 5.74) is 0.732. The first kappa shape index (κ1) is 21.6. The van der Waals surface area contributed by atoms with Crippen molar-refractivity contribution in [3.05, 3.63) is 29.8 Å². The molecule has 1 aromatic carbocycles. The topological polar surface area (TPSA) is 97.3 Å². The standard InChI is InChI=1S/C20H28N2O6/c1-6-26-17(23)10-8-13-7-9-16-15(11-13)22(5)18(24)14(12-27-16)21-19(25)28-20(2,3)4/h7-11,14,18,24H,6,12H2,1-5H3,(H,21,25)/b10-8+/t14-,18?/m0/s1. The summed E-state index contributed by atoms with van der Waals surface area (Å²) in [5, 5.41) is 13.3. The zero-order valence-electron chi connectivity index (χ0n) is 16.9. The van der Waals surface area contributed by atoms with E-state index in [9.17, 15) is 14.7 Å². The third-order valence-corrected chi connectivity index (χ3v) is 3.94. The lowest BCUT2D eigenvalue weighted by Gasteiger charge is -2.30. The van der Waals surface area contributed by atoms with Crippen molar-refractivity contribution in [3.63, 3.8) is 0 Å². The Morgan fingerprint density at radius 2 is 2.11 bits per heavy atom. The predicted molar refractivity (Wildman–Crippen MR) is 105 cm³/mol. The number of likely N-dealkylation sites (N-methyl/N-ethyl adjacent to an activating group) is 1. The van der Waals surface area contributed by atoms with Crippen LogP contribution in [0.2, 0.25) is 0 Å². The summed E-state index contributed by atoms with van der Waals surface area (Å²) in [5.74, 6) is 0.132. The Hall–Kier alpha value is -2.74. The van der Waals surface area contributed by atoms with Gasteiger partial charge in [0.05, 0.1) is 12.3 Å². The number of hydrogen-bond acceptors (Lipinski definition) is 7. The van der Waals surface area contributed by atoms with E-state index in [4.69, 9.17) is 14.2 Å². The minimum absolute atomic E-state index is 0.0791. The largest absolute Gasteiger partial charge is 0.489 e. The number of nitrogens with zero attached hydrogens (tertiary/aromatic N) is 1. The van der Waals surface area contributed by atoms with Gasteiger partial charge in [-0.2, -0.15) is 0 Å². The second-order valence-electron chi connectivity index (χ2n) is 7.40. The van der Waals surface area contributed by atoms with Crippen LogP contribution in [-0.2, 0) is 14.3 Å². The molecule has 0 bridgehead atoms. The SMILES string of the molecule is CCOC(=O)/C=C/c1ccc2c(c1)N(C)C(O)[C@@H](NC(=O)OC(C)(C)C)CO2. The molecule has 1 aliphatic rings. The highest BCUT2D eigenvalue weighted by Gasteiger charge is 2.32. The number of benzene rings is 1. The van der Waals surface area contributed by atoms with E-state index in [1.54, 1.807) is 63.9 Å². The number of aliphatic hydroxyl groups excluding tert-OH is 1. The molecule has 0 saturated carbocycles. The molecule has 2 atom stereocenters. The Labute approximate surface area is 165 Å². The van der Waals surface area contributed by atoms with Crippen LogP contribution in [0.3, 0.4) is 0 Å². The number of ether oxygens (including phenoxy) is 3. The maximum absolute atomic E-state index is 12.0. The van der Waals surface area contributed by atoms with Gasteiger partial charge in [0.1, 0.15) is 24.0 Å². The quantitative estimate of drug-likeness (QED) is 0.599. The molecule has 2 N–H and O–H groups in total. The molecule has 1 aliphatic heterocycles. The van der Waals surface area contributed by atoms with Crippen molar-refractivity contribution in [2.45, 2.75) is 45.6 Å². The van der Waals surface area contributed by atoms with E-state index >= 15 is 0 Å². The van der Waals surface area contributed by atoms with Crippen molar-refractivity contribution in [3.8, 4) is 5.75 Å². The van der Waals surface area contributed by atoms with Crippen molar-refractivity contribution in [1.29, 1.82) is 0 Å². The molecule has 1 heterocycles. The van der Waals surface area contributed by atoms with Gasteiger partial charge < -0.3 is 29.5 Å². The van der Waals surface area contributed by atoms with E-state index in [0.29, 0.717) is 18.0 Å². The average Bonchev–Trinajstić information content (AvgIpc) is 2.71. The Morgan fingerprint density at radius 3 is 2.75 bits per heavy atom. The van der Waals surface area contributed by atoms with Gasteiger partial charge in [-0.3, -0.25) is 0 Å². The molecular formula is C20H28N2O6. The zero-order valence-corrected chi connectivity index (χ0v) is 16.9. The molecule has 28 heavy (non-hydrogen) atoms. The first-order valence-electron chi connectivity index (χ1n) is 9.13. The van der Waals surface area contributed by atoms with Crippen molar-refractivity contribution in [2.24, 2.45) is 0 Å². The fraction of sp³-hybridized carbons (Fsp3) is 0.500. The second kappa shape index (κ2) is 8.97. The molecule has 1 aromatic rings. The van der Waals surface area contributed by atoms with Gasteiger partial charge in [-0.25, -0.2) is 9.59 Å². The van der Waals surface area contributed by atoms with Gasteiger partial charge >= 0.3 is 12.1 Å². The van der Waals surface area contributed by atoms with Crippen LogP contribution in [0.25, 0.3) is 6.08 Å². The molecule has 0 saturated heterocycles. The molecule has 8 nitrogen and oxygen atoms in total. The maximum atomic E-state index is 12.0. The van der Waals surface area contributed by atoms with E-state index in [2.05, 4.69) is 5.32 Å². The van der Waals surface area contributed by atoms with Gasteiger partial charge in [0, 0.05) is 13.1 Å². The highest BCUT2D eigenvalue weighted by atomic mass is 16.6. The number of hydrogen-bond donors (Lipinski definition) is 2. The Balaban J connectivity index is 2.14. The van der Waals surface area contributed by atoms with Gasteiger partial charge in [0.25, 0.3) is 0 Å². The smallest absolute Gasteiger partial charge is 0.408 e. The lowest BCUT2D eigenvalue weighted by molar-refractivity contribution is -0.137. The minimum atomic E-state index is -1.03. The number of anilines is 1. The van der Waals surface area contributed by atoms with Crippen LogP contribution in [-0.4, -0.2) is 55.3 Å². The number of carbonyl (C=O) groups is 2. The summed E-state index contributed by atoms with van der Waals surface area (Å²) in [6.45, 7) is 7.42. The summed E-state index contributed by atoms with van der Waals surface area (Å²) < 4.78 is 15.9. The first-order valence-corrected chi connectivity index (χ1v) is 9.13. The number of fused-ring (bicyclic) bond motifs is 1. The summed E-state index contributed by atoms with van der Waals surface area (Å²) in [4.78, 5) is 25.1. The van der Waals surface area contributed by atoms with Crippen molar-refractivity contribution < 1.29 is 28.9 Å². The van der Waals surface area contributed by atoms with E-state index in [-0.39, 0.29) is 6.61 Å². The number of aliphatic hydroxyl groups is 1. The summed E-state index contributed by atoms with van der Waals surface area (Å²) in [6, 6.07) is 4.63. The third kappa shape index (κ3) is 5.88. The van der Waals surface area contributed by atoms with Crippen LogP contribution in [0.5, 0.6) is 5.75 Å². The molecule has 0 aromatic heterocycles. The highest BCUT2D eigenvalue weighted by Crippen LogP contribution is 2.33. The molecular weight excluding hydrogens is 364 g/mol. The summed E-state index contributed by atoms with van der Waals surface area (Å²) in [6.07, 6.45) is 1.31. The molecule has 1 amide bonds. The molecule has 1 unspecified atom stereocenters. The maximum Gasteiger partial charge on any atom is 0.408 e. The summed E-state index contributed by atoms with van der Waals surface area (Å²) in [7, 11) is 1.70. The number of carbonyl (C=O) groups excluding carboxylic acids is 2. The van der Waals surface area contributed by atoms with Gasteiger partial charge in [-0.1, -0.05) is 6.07 Å². The van der Waals surface area contributed by atoms with Crippen molar-refractivity contribution in [2.75, 3.05) is 25.2 Å². The van der Waals surface area contributed by atoms with Crippen LogP contribution >= 0.6 is 0 Å². The fourth-order valence-corrected chi connectivity index (χ4v) is 2.64. The molecule has 0 fully saturated rings. The van der Waals surface area contributed by atoms with E-state index in [1.807, 2.05) is 0 Å². The van der Waals surface area contributed by atoms with Crippen LogP contribution < -0.4 is 15.0 Å². The van der Waals surface area contributed by atoms with Crippen LogP contribution in [0.15, 0.2) is 24.3 Å². The Morgan fingerprint density at radius 1 is 1.39 bits per heavy atom. The zero-order chi connectivity index (χ0) is 20.9. The van der Waals surface area contributed by atoms with E-state index < -0.39 is 29.9 Å². The number of amides is 1. The number of esters is 1. The van der Waals surface area contributed by atoms with Crippen LogP contribution in [0, 0.1) is 0 Å². The molecule has 0 spiro atoms. The molecule has 154 valence electrons. The lowest BCUT2D eigenvalue weighted by atomic mass is 10.1. The van der Waals surface area contributed by atoms with Gasteiger partial charge in [-0.05, 0) is 51.5 Å². The molecule has 0 aliphatic carbocycles. The highest BCUT2D eigenvalue weighted by molar-refractivity contribution is 5.87. The number of rotatable bonds is 4. The van der Waals surface area contributed by atoms with Gasteiger partial charge in [0.15, 0.2) is 6.23 Å². The second-order valence-corrected chi connectivity index (χ2v) is 7.40. The predicted octanol–water partition coefficient (Wildman–Crippen LogP) is 2.30. The monoisotopic (exact) mass is 392 g/mol. The molecule has 0 radical (unpaired) electrons.